The van der Waals surface area contributed by atoms with Crippen LogP contribution in [0, 0.1) is 11.7 Å². The molecule has 104 valence electrons. The standard InChI is InChI=1S/C15H21FN2O/c1-9(2)14(15(17)19)18-11-7-10(8-11)12-5-3-4-6-13(12)16/h3-6,9-11,14,18H,7-8H2,1-2H3,(H2,17,19). The van der Waals surface area contributed by atoms with Crippen LogP contribution in [0.2, 0.25) is 0 Å². The number of hydrogen-bond acceptors (Lipinski definition) is 2. The molecule has 1 fully saturated rings. The zero-order valence-electron chi connectivity index (χ0n) is 11.4. The second-order valence-corrected chi connectivity index (χ2v) is 5.68. The Bertz CT molecular complexity index is 455. The molecular formula is C15H21FN2O. The number of carbonyl (C=O) groups is 1. The fourth-order valence-corrected chi connectivity index (χ4v) is 2.67. The predicted octanol–water partition coefficient (Wildman–Crippen LogP) is 2.17. The van der Waals surface area contributed by atoms with Crippen molar-refractivity contribution < 1.29 is 9.18 Å². The Kier molecular flexibility index (Phi) is 4.20. The molecule has 1 amide bonds. The van der Waals surface area contributed by atoms with Crippen molar-refractivity contribution in [1.82, 2.24) is 5.32 Å². The van der Waals surface area contributed by atoms with Gasteiger partial charge in [-0.3, -0.25) is 4.79 Å². The Morgan fingerprint density at radius 1 is 1.37 bits per heavy atom. The van der Waals surface area contributed by atoms with Crippen LogP contribution in [0.25, 0.3) is 0 Å². The third-order valence-corrected chi connectivity index (χ3v) is 3.87. The SMILES string of the molecule is CC(C)C(NC1CC(c2ccccc2F)C1)C(N)=O. The fraction of sp³-hybridized carbons (Fsp3) is 0.533. The smallest absolute Gasteiger partial charge is 0.234 e. The van der Waals surface area contributed by atoms with E-state index in [1.54, 1.807) is 6.07 Å². The van der Waals surface area contributed by atoms with E-state index in [-0.39, 0.29) is 35.6 Å². The fourth-order valence-electron chi connectivity index (χ4n) is 2.67. The summed E-state index contributed by atoms with van der Waals surface area (Å²) in [6.07, 6.45) is 1.72. The van der Waals surface area contributed by atoms with Crippen molar-refractivity contribution in [2.45, 2.75) is 44.7 Å². The lowest BCUT2D eigenvalue weighted by molar-refractivity contribution is -0.121. The van der Waals surface area contributed by atoms with Gasteiger partial charge in [0.05, 0.1) is 6.04 Å². The molecule has 0 aliphatic heterocycles. The van der Waals surface area contributed by atoms with E-state index in [2.05, 4.69) is 5.32 Å². The van der Waals surface area contributed by atoms with Gasteiger partial charge >= 0.3 is 0 Å². The molecule has 3 N–H and O–H groups in total. The Balaban J connectivity index is 1.90. The van der Waals surface area contributed by atoms with Crippen LogP contribution >= 0.6 is 0 Å². The number of nitrogens with one attached hydrogen (secondary N) is 1. The molecule has 3 nitrogen and oxygen atoms in total. The maximum Gasteiger partial charge on any atom is 0.234 e. The van der Waals surface area contributed by atoms with Gasteiger partial charge in [0.1, 0.15) is 5.82 Å². The number of primary amides is 1. The molecule has 2 rings (SSSR count). The summed E-state index contributed by atoms with van der Waals surface area (Å²) in [7, 11) is 0. The minimum atomic E-state index is -0.315. The number of rotatable bonds is 5. The van der Waals surface area contributed by atoms with Crippen LogP contribution in [-0.2, 0) is 4.79 Å². The molecule has 0 radical (unpaired) electrons. The summed E-state index contributed by atoms with van der Waals surface area (Å²) in [5, 5.41) is 3.27. The molecule has 1 aliphatic carbocycles. The molecule has 0 saturated heterocycles. The summed E-state index contributed by atoms with van der Waals surface area (Å²) in [6.45, 7) is 3.94. The van der Waals surface area contributed by atoms with Crippen molar-refractivity contribution in [3.63, 3.8) is 0 Å². The van der Waals surface area contributed by atoms with E-state index >= 15 is 0 Å². The third kappa shape index (κ3) is 3.13. The highest BCUT2D eigenvalue weighted by Crippen LogP contribution is 2.38. The van der Waals surface area contributed by atoms with Crippen molar-refractivity contribution in [3.8, 4) is 0 Å². The van der Waals surface area contributed by atoms with Crippen LogP contribution in [0.3, 0.4) is 0 Å². The number of amides is 1. The van der Waals surface area contributed by atoms with Crippen molar-refractivity contribution >= 4 is 5.91 Å². The van der Waals surface area contributed by atoms with Gasteiger partial charge in [-0.05, 0) is 36.3 Å². The van der Waals surface area contributed by atoms with Crippen molar-refractivity contribution in [1.29, 1.82) is 0 Å². The Hall–Kier alpha value is -1.42. The van der Waals surface area contributed by atoms with Crippen LogP contribution in [-0.4, -0.2) is 18.0 Å². The molecule has 1 aromatic carbocycles. The normalized spacial score (nSPS) is 24.0. The lowest BCUT2D eigenvalue weighted by Crippen LogP contribution is -2.53. The molecule has 1 aliphatic rings. The molecule has 1 aromatic rings. The topological polar surface area (TPSA) is 55.1 Å². The first-order valence-corrected chi connectivity index (χ1v) is 6.78. The zero-order valence-corrected chi connectivity index (χ0v) is 11.4. The van der Waals surface area contributed by atoms with Crippen LogP contribution in [0.5, 0.6) is 0 Å². The van der Waals surface area contributed by atoms with E-state index in [0.29, 0.717) is 0 Å². The van der Waals surface area contributed by atoms with Crippen molar-refractivity contribution in [2.24, 2.45) is 11.7 Å². The molecule has 0 bridgehead atoms. The number of benzene rings is 1. The van der Waals surface area contributed by atoms with Crippen LogP contribution in [0.1, 0.15) is 38.2 Å². The van der Waals surface area contributed by atoms with E-state index in [1.807, 2.05) is 26.0 Å². The first kappa shape index (κ1) is 14.0. The van der Waals surface area contributed by atoms with Gasteiger partial charge in [-0.1, -0.05) is 32.0 Å². The minimum Gasteiger partial charge on any atom is -0.368 e. The maximum absolute atomic E-state index is 13.6. The van der Waals surface area contributed by atoms with Gasteiger partial charge in [-0.2, -0.15) is 0 Å². The third-order valence-electron chi connectivity index (χ3n) is 3.87. The van der Waals surface area contributed by atoms with E-state index in [9.17, 15) is 9.18 Å². The molecular weight excluding hydrogens is 243 g/mol. The molecule has 1 unspecified atom stereocenters. The number of carbonyl (C=O) groups excluding carboxylic acids is 1. The van der Waals surface area contributed by atoms with Crippen LogP contribution in [0.15, 0.2) is 24.3 Å². The Labute approximate surface area is 113 Å². The molecule has 4 heteroatoms. The maximum atomic E-state index is 13.6. The average molecular weight is 264 g/mol. The summed E-state index contributed by atoms with van der Waals surface area (Å²) >= 11 is 0. The second-order valence-electron chi connectivity index (χ2n) is 5.68. The molecule has 0 spiro atoms. The van der Waals surface area contributed by atoms with Gasteiger partial charge in [-0.25, -0.2) is 4.39 Å². The van der Waals surface area contributed by atoms with E-state index < -0.39 is 0 Å². The molecule has 1 atom stereocenters. The van der Waals surface area contributed by atoms with Gasteiger partial charge in [0, 0.05) is 6.04 Å². The van der Waals surface area contributed by atoms with E-state index in [0.717, 1.165) is 18.4 Å². The highest BCUT2D eigenvalue weighted by molar-refractivity contribution is 5.80. The quantitative estimate of drug-likeness (QED) is 0.856. The van der Waals surface area contributed by atoms with Crippen molar-refractivity contribution in [2.75, 3.05) is 0 Å². The minimum absolute atomic E-state index is 0.138. The van der Waals surface area contributed by atoms with Gasteiger partial charge in [0.15, 0.2) is 0 Å². The van der Waals surface area contributed by atoms with Gasteiger partial charge in [0.25, 0.3) is 0 Å². The second kappa shape index (κ2) is 5.70. The zero-order chi connectivity index (χ0) is 14.0. The van der Waals surface area contributed by atoms with Crippen molar-refractivity contribution in [3.05, 3.63) is 35.6 Å². The van der Waals surface area contributed by atoms with Crippen LogP contribution in [0.4, 0.5) is 4.39 Å². The number of nitrogens with two attached hydrogens (primary N) is 1. The highest BCUT2D eigenvalue weighted by Gasteiger charge is 2.34. The van der Waals surface area contributed by atoms with E-state index in [1.165, 1.54) is 6.07 Å². The summed E-state index contributed by atoms with van der Waals surface area (Å²) in [4.78, 5) is 11.3. The summed E-state index contributed by atoms with van der Waals surface area (Å²) < 4.78 is 13.6. The Morgan fingerprint density at radius 3 is 2.53 bits per heavy atom. The summed E-state index contributed by atoms with van der Waals surface area (Å²) in [5.74, 6) is -0.0324. The Morgan fingerprint density at radius 2 is 2.00 bits per heavy atom. The summed E-state index contributed by atoms with van der Waals surface area (Å²) in [6, 6.07) is 6.85. The number of halogens is 1. The van der Waals surface area contributed by atoms with Gasteiger partial charge in [-0.15, -0.1) is 0 Å². The summed E-state index contributed by atoms with van der Waals surface area (Å²) in [5.41, 5.74) is 6.15. The lowest BCUT2D eigenvalue weighted by Gasteiger charge is -2.39. The van der Waals surface area contributed by atoms with Gasteiger partial charge in [0.2, 0.25) is 5.91 Å². The number of hydrogen-bond donors (Lipinski definition) is 2. The average Bonchev–Trinajstić information content (AvgIpc) is 2.28. The molecule has 19 heavy (non-hydrogen) atoms. The monoisotopic (exact) mass is 264 g/mol. The molecule has 1 saturated carbocycles. The molecule has 0 aromatic heterocycles. The largest absolute Gasteiger partial charge is 0.368 e. The molecule has 0 heterocycles. The first-order chi connectivity index (χ1) is 8.99. The predicted molar refractivity (Wildman–Crippen MR) is 73.1 cm³/mol. The van der Waals surface area contributed by atoms with Crippen LogP contribution < -0.4 is 11.1 Å². The lowest BCUT2D eigenvalue weighted by atomic mass is 9.75. The van der Waals surface area contributed by atoms with E-state index in [4.69, 9.17) is 5.73 Å². The van der Waals surface area contributed by atoms with Gasteiger partial charge < -0.3 is 11.1 Å². The highest BCUT2D eigenvalue weighted by atomic mass is 19.1. The first-order valence-electron chi connectivity index (χ1n) is 6.78.